The van der Waals surface area contributed by atoms with Gasteiger partial charge < -0.3 is 4.57 Å². The maximum Gasteiger partial charge on any atom is 0.233 e. The molecule has 0 fully saturated rings. The van der Waals surface area contributed by atoms with Crippen LogP contribution in [0.25, 0.3) is 17.1 Å². The van der Waals surface area contributed by atoms with E-state index in [9.17, 15) is 8.42 Å². The van der Waals surface area contributed by atoms with E-state index in [-0.39, 0.29) is 0 Å². The molecular formula is C18H19N3O2S. The number of nitrogens with zero attached hydrogens (tertiary/aromatic N) is 2. The lowest BCUT2D eigenvalue weighted by Gasteiger charge is -2.05. The molecule has 0 aliphatic carbocycles. The first-order chi connectivity index (χ1) is 11.6. The molecule has 0 unspecified atom stereocenters. The smallest absolute Gasteiger partial charge is 0.233 e. The topological polar surface area (TPSA) is 64.0 Å². The summed E-state index contributed by atoms with van der Waals surface area (Å²) in [6, 6.07) is 15.3. The predicted octanol–water partition coefficient (Wildman–Crippen LogP) is 3.02. The van der Waals surface area contributed by atoms with Gasteiger partial charge in [-0.25, -0.2) is 18.1 Å². The Bertz CT molecular complexity index is 931. The number of fused-ring (bicyclic) bond motifs is 1. The van der Waals surface area contributed by atoms with E-state index >= 15 is 0 Å². The third-order valence-corrected chi connectivity index (χ3v) is 4.74. The van der Waals surface area contributed by atoms with Gasteiger partial charge in [-0.15, -0.1) is 0 Å². The molecule has 0 aliphatic rings. The zero-order chi connectivity index (χ0) is 16.8. The van der Waals surface area contributed by atoms with Gasteiger partial charge in [0.1, 0.15) is 5.65 Å². The van der Waals surface area contributed by atoms with E-state index in [0.29, 0.717) is 19.5 Å². The van der Waals surface area contributed by atoms with E-state index in [1.807, 2.05) is 59.3 Å². The Morgan fingerprint density at radius 3 is 2.75 bits per heavy atom. The zero-order valence-corrected chi connectivity index (χ0v) is 14.0. The van der Waals surface area contributed by atoms with Crippen molar-refractivity contribution in [1.82, 2.24) is 14.3 Å². The fourth-order valence-corrected chi connectivity index (χ4v) is 3.31. The number of nitrogens with one attached hydrogen (secondary N) is 1. The fraction of sp³-hybridized carbons (Fsp3) is 0.167. The molecule has 124 valence electrons. The van der Waals surface area contributed by atoms with Gasteiger partial charge >= 0.3 is 0 Å². The average Bonchev–Trinajstić information content (AvgIpc) is 3.01. The van der Waals surface area contributed by atoms with Crippen molar-refractivity contribution in [3.63, 3.8) is 0 Å². The maximum atomic E-state index is 12.0. The van der Waals surface area contributed by atoms with Gasteiger partial charge in [-0.1, -0.05) is 30.3 Å². The number of rotatable bonds is 7. The Balaban J connectivity index is 1.51. The molecule has 3 aromatic rings. The molecule has 24 heavy (non-hydrogen) atoms. The largest absolute Gasteiger partial charge is 0.332 e. The first kappa shape index (κ1) is 16.4. The minimum atomic E-state index is -3.42. The molecule has 3 rings (SSSR count). The van der Waals surface area contributed by atoms with Crippen LogP contribution in [0.3, 0.4) is 0 Å². The number of aryl methyl sites for hydroxylation is 1. The van der Waals surface area contributed by atoms with Crippen LogP contribution in [0.1, 0.15) is 12.0 Å². The molecule has 1 aromatic carbocycles. The molecule has 2 aromatic heterocycles. The lowest BCUT2D eigenvalue weighted by atomic mass is 10.2. The van der Waals surface area contributed by atoms with Crippen molar-refractivity contribution in [2.24, 2.45) is 0 Å². The number of hydrogen-bond donors (Lipinski definition) is 1. The second-order valence-corrected chi connectivity index (χ2v) is 7.08. The number of benzene rings is 1. The highest BCUT2D eigenvalue weighted by atomic mass is 32.2. The van der Waals surface area contributed by atoms with Gasteiger partial charge in [0.25, 0.3) is 0 Å². The van der Waals surface area contributed by atoms with Crippen molar-refractivity contribution in [3.05, 3.63) is 71.9 Å². The molecule has 1 N–H and O–H groups in total. The van der Waals surface area contributed by atoms with Gasteiger partial charge in [-0.3, -0.25) is 0 Å². The molecule has 0 amide bonds. The van der Waals surface area contributed by atoms with Crippen LogP contribution >= 0.6 is 0 Å². The van der Waals surface area contributed by atoms with Crippen molar-refractivity contribution < 1.29 is 8.42 Å². The van der Waals surface area contributed by atoms with E-state index < -0.39 is 10.0 Å². The molecule has 0 saturated carbocycles. The lowest BCUT2D eigenvalue weighted by molar-refractivity contribution is 0.580. The summed E-state index contributed by atoms with van der Waals surface area (Å²) in [4.78, 5) is 4.34. The zero-order valence-electron chi connectivity index (χ0n) is 13.2. The first-order valence-corrected chi connectivity index (χ1v) is 9.31. The summed E-state index contributed by atoms with van der Waals surface area (Å²) in [5.74, 6) is 0. The molecule has 6 heteroatoms. The minimum absolute atomic E-state index is 0.383. The summed E-state index contributed by atoms with van der Waals surface area (Å²) < 4.78 is 28.5. The third kappa shape index (κ3) is 4.31. The normalized spacial score (nSPS) is 12.2. The summed E-state index contributed by atoms with van der Waals surface area (Å²) in [7, 11) is -3.42. The molecule has 0 bridgehead atoms. The molecule has 0 atom stereocenters. The maximum absolute atomic E-state index is 12.0. The van der Waals surface area contributed by atoms with Crippen LogP contribution in [-0.2, 0) is 16.6 Å². The van der Waals surface area contributed by atoms with Crippen LogP contribution in [0.2, 0.25) is 0 Å². The third-order valence-electron chi connectivity index (χ3n) is 3.64. The second kappa shape index (κ2) is 7.42. The number of sulfonamides is 1. The molecule has 5 nitrogen and oxygen atoms in total. The molecule has 2 heterocycles. The van der Waals surface area contributed by atoms with E-state index in [0.717, 1.165) is 16.6 Å². The van der Waals surface area contributed by atoms with Crippen molar-refractivity contribution >= 4 is 27.1 Å². The van der Waals surface area contributed by atoms with Crippen LogP contribution in [0, 0.1) is 0 Å². The Kier molecular flexibility index (Phi) is 5.08. The van der Waals surface area contributed by atoms with Gasteiger partial charge in [0.2, 0.25) is 10.0 Å². The molecule has 0 radical (unpaired) electrons. The predicted molar refractivity (Wildman–Crippen MR) is 96.7 cm³/mol. The van der Waals surface area contributed by atoms with Crippen LogP contribution < -0.4 is 4.72 Å². The van der Waals surface area contributed by atoms with Crippen molar-refractivity contribution in [3.8, 4) is 0 Å². The average molecular weight is 341 g/mol. The number of pyridine rings is 1. The van der Waals surface area contributed by atoms with Gasteiger partial charge in [-0.2, -0.15) is 0 Å². The molecule has 0 spiro atoms. The molecule has 0 saturated heterocycles. The number of aromatic nitrogens is 2. The summed E-state index contributed by atoms with van der Waals surface area (Å²) >= 11 is 0. The van der Waals surface area contributed by atoms with Crippen molar-refractivity contribution in [2.45, 2.75) is 13.0 Å². The van der Waals surface area contributed by atoms with Gasteiger partial charge in [0, 0.05) is 36.3 Å². The van der Waals surface area contributed by atoms with E-state index in [1.165, 1.54) is 5.41 Å². The summed E-state index contributed by atoms with van der Waals surface area (Å²) in [6.45, 7) is 1.10. The van der Waals surface area contributed by atoms with Crippen molar-refractivity contribution in [2.75, 3.05) is 6.54 Å². The quantitative estimate of drug-likeness (QED) is 0.672. The van der Waals surface area contributed by atoms with Crippen LogP contribution in [0.4, 0.5) is 0 Å². The molecule has 0 aliphatic heterocycles. The summed E-state index contributed by atoms with van der Waals surface area (Å²) in [5, 5.41) is 2.29. The Hall–Kier alpha value is -2.44. The number of hydrogen-bond acceptors (Lipinski definition) is 3. The fourth-order valence-electron chi connectivity index (χ4n) is 2.45. The second-order valence-electron chi connectivity index (χ2n) is 5.43. The van der Waals surface area contributed by atoms with Crippen molar-refractivity contribution in [1.29, 1.82) is 0 Å². The van der Waals surface area contributed by atoms with E-state index in [4.69, 9.17) is 0 Å². The van der Waals surface area contributed by atoms with Crippen LogP contribution in [-0.4, -0.2) is 24.5 Å². The van der Waals surface area contributed by atoms with E-state index in [1.54, 1.807) is 12.3 Å². The Labute approximate surface area is 141 Å². The van der Waals surface area contributed by atoms with Crippen LogP contribution in [0.15, 0.2) is 66.3 Å². The van der Waals surface area contributed by atoms with Gasteiger partial charge in [0.05, 0.1) is 0 Å². The SMILES string of the molecule is O=S(=O)(/C=C/c1ccccc1)NCCCn1ccc2cccnc21. The monoisotopic (exact) mass is 341 g/mol. The highest BCUT2D eigenvalue weighted by Crippen LogP contribution is 2.12. The summed E-state index contributed by atoms with van der Waals surface area (Å²) in [5.41, 5.74) is 1.78. The molecular weight excluding hydrogens is 322 g/mol. The lowest BCUT2D eigenvalue weighted by Crippen LogP contribution is -2.23. The first-order valence-electron chi connectivity index (χ1n) is 7.77. The standard InChI is InChI=1S/C18H19N3O2S/c22-24(23,15-10-16-6-2-1-3-7-16)20-12-5-13-21-14-9-17-8-4-11-19-18(17)21/h1-4,6-11,14-15,20H,5,12-13H2/b15-10+. The highest BCUT2D eigenvalue weighted by Gasteiger charge is 2.05. The van der Waals surface area contributed by atoms with Crippen LogP contribution in [0.5, 0.6) is 0 Å². The Morgan fingerprint density at radius 2 is 1.92 bits per heavy atom. The minimum Gasteiger partial charge on any atom is -0.332 e. The van der Waals surface area contributed by atoms with Gasteiger partial charge in [-0.05, 0) is 36.3 Å². The summed E-state index contributed by atoms with van der Waals surface area (Å²) in [6.07, 6.45) is 6.02. The Morgan fingerprint density at radius 1 is 1.08 bits per heavy atom. The van der Waals surface area contributed by atoms with Gasteiger partial charge in [0.15, 0.2) is 0 Å². The van der Waals surface area contributed by atoms with E-state index in [2.05, 4.69) is 9.71 Å². The highest BCUT2D eigenvalue weighted by molar-refractivity contribution is 7.92.